The van der Waals surface area contributed by atoms with Gasteiger partial charge in [0, 0.05) is 12.3 Å². The molecule has 112 valence electrons. The molecule has 0 spiro atoms. The number of methoxy groups -OCH3 is 1. The van der Waals surface area contributed by atoms with Crippen LogP contribution in [0.25, 0.3) is 11.6 Å². The second kappa shape index (κ2) is 4.99. The van der Waals surface area contributed by atoms with Gasteiger partial charge in [0.15, 0.2) is 0 Å². The van der Waals surface area contributed by atoms with Crippen LogP contribution in [0.4, 0.5) is 15.8 Å². The Hall–Kier alpha value is -3.16. The van der Waals surface area contributed by atoms with E-state index in [0.29, 0.717) is 11.4 Å². The number of carbonyl (C=O) groups is 1. The number of aromatic amines is 1. The van der Waals surface area contributed by atoms with E-state index in [1.165, 1.54) is 19.3 Å². The van der Waals surface area contributed by atoms with Crippen LogP contribution in [0.1, 0.15) is 11.3 Å². The van der Waals surface area contributed by atoms with Crippen LogP contribution in [0.2, 0.25) is 0 Å². The van der Waals surface area contributed by atoms with E-state index >= 15 is 0 Å². The molecule has 1 amide bonds. The van der Waals surface area contributed by atoms with Gasteiger partial charge in [-0.1, -0.05) is 0 Å². The van der Waals surface area contributed by atoms with Crippen LogP contribution in [0.5, 0.6) is 5.75 Å². The first-order valence-corrected chi connectivity index (χ1v) is 6.24. The third-order valence-corrected chi connectivity index (χ3v) is 3.33. The highest BCUT2D eigenvalue weighted by Gasteiger charge is 2.32. The Balaban J connectivity index is 2.19. The predicted octanol–water partition coefficient (Wildman–Crippen LogP) is 2.56. The zero-order valence-electron chi connectivity index (χ0n) is 11.3. The average molecular weight is 303 g/mol. The summed E-state index contributed by atoms with van der Waals surface area (Å²) < 4.78 is 19.4. The smallest absolute Gasteiger partial charge is 0.305 e. The van der Waals surface area contributed by atoms with Gasteiger partial charge in [0.25, 0.3) is 5.91 Å². The first kappa shape index (κ1) is 13.8. The van der Waals surface area contributed by atoms with Crippen molar-refractivity contribution in [2.45, 2.75) is 0 Å². The molecule has 0 radical (unpaired) electrons. The summed E-state index contributed by atoms with van der Waals surface area (Å²) in [5.74, 6) is -1.11. The van der Waals surface area contributed by atoms with Crippen LogP contribution in [0.3, 0.4) is 0 Å². The number of hydrogen-bond acceptors (Lipinski definition) is 4. The Morgan fingerprint density at radius 3 is 2.82 bits per heavy atom. The number of benzene rings is 1. The Morgan fingerprint density at radius 1 is 1.36 bits per heavy atom. The van der Waals surface area contributed by atoms with Crippen LogP contribution in [-0.2, 0) is 4.79 Å². The number of ether oxygens (including phenoxy) is 1. The number of fused-ring (bicyclic) bond motifs is 1. The second-order valence-corrected chi connectivity index (χ2v) is 4.55. The number of carbonyl (C=O) groups excluding carboxylic acids is 1. The molecule has 0 aliphatic carbocycles. The molecule has 2 heterocycles. The maximum Gasteiger partial charge on any atom is 0.305 e. The van der Waals surface area contributed by atoms with Gasteiger partial charge < -0.3 is 15.0 Å². The highest BCUT2D eigenvalue weighted by Crippen LogP contribution is 2.39. The number of nitrogens with zero attached hydrogens (tertiary/aromatic N) is 1. The molecule has 3 rings (SSSR count). The number of aromatic nitrogens is 1. The summed E-state index contributed by atoms with van der Waals surface area (Å²) in [4.78, 5) is 24.9. The summed E-state index contributed by atoms with van der Waals surface area (Å²) in [6, 6.07) is 3.97. The van der Waals surface area contributed by atoms with Gasteiger partial charge in [-0.25, -0.2) is 0 Å². The Labute approximate surface area is 123 Å². The molecule has 1 aliphatic heterocycles. The van der Waals surface area contributed by atoms with E-state index in [0.717, 1.165) is 6.07 Å². The quantitative estimate of drug-likeness (QED) is 0.517. The molecule has 0 atom stereocenters. The van der Waals surface area contributed by atoms with Crippen molar-refractivity contribution in [3.63, 3.8) is 0 Å². The number of rotatable bonds is 3. The number of nitro benzene ring substituents is 1. The van der Waals surface area contributed by atoms with Crippen molar-refractivity contribution in [1.82, 2.24) is 4.98 Å². The fraction of sp³-hybridized carbons (Fsp3) is 0.0714. The third-order valence-electron chi connectivity index (χ3n) is 3.33. The lowest BCUT2D eigenvalue weighted by Gasteiger charge is -2.02. The van der Waals surface area contributed by atoms with Crippen LogP contribution in [0.15, 0.2) is 24.4 Å². The van der Waals surface area contributed by atoms with Crippen molar-refractivity contribution < 1.29 is 18.8 Å². The van der Waals surface area contributed by atoms with E-state index in [9.17, 15) is 19.3 Å². The first-order chi connectivity index (χ1) is 10.5. The van der Waals surface area contributed by atoms with E-state index in [1.807, 2.05) is 0 Å². The van der Waals surface area contributed by atoms with E-state index in [1.54, 1.807) is 12.3 Å². The number of nitrogens with one attached hydrogen (secondary N) is 2. The second-order valence-electron chi connectivity index (χ2n) is 4.55. The number of hydrogen-bond donors (Lipinski definition) is 2. The molecule has 8 heteroatoms. The minimum absolute atomic E-state index is 0.00282. The van der Waals surface area contributed by atoms with Gasteiger partial charge >= 0.3 is 5.69 Å². The molecule has 1 aliphatic rings. The van der Waals surface area contributed by atoms with Gasteiger partial charge in [-0.05, 0) is 18.2 Å². The van der Waals surface area contributed by atoms with Gasteiger partial charge in [0.05, 0.1) is 34.6 Å². The van der Waals surface area contributed by atoms with Crippen LogP contribution in [0, 0.1) is 15.9 Å². The molecule has 7 nitrogen and oxygen atoms in total. The molecule has 0 unspecified atom stereocenters. The molecule has 2 aromatic rings. The molecule has 0 fully saturated rings. The minimum Gasteiger partial charge on any atom is -0.495 e. The summed E-state index contributed by atoms with van der Waals surface area (Å²) >= 11 is 0. The molecular weight excluding hydrogens is 293 g/mol. The van der Waals surface area contributed by atoms with Gasteiger partial charge in [0.2, 0.25) is 5.82 Å². The molecule has 0 saturated carbocycles. The highest BCUT2D eigenvalue weighted by molar-refractivity contribution is 6.35. The predicted molar refractivity (Wildman–Crippen MR) is 76.9 cm³/mol. The van der Waals surface area contributed by atoms with Crippen LogP contribution < -0.4 is 10.1 Å². The number of H-pyrrole nitrogens is 1. The first-order valence-electron chi connectivity index (χ1n) is 6.24. The zero-order valence-corrected chi connectivity index (χ0v) is 11.3. The summed E-state index contributed by atoms with van der Waals surface area (Å²) in [5.41, 5.74) is -0.135. The molecule has 22 heavy (non-hydrogen) atoms. The maximum absolute atomic E-state index is 14.3. The van der Waals surface area contributed by atoms with E-state index in [2.05, 4.69) is 10.3 Å². The number of amides is 1. The Bertz CT molecular complexity index is 825. The normalized spacial score (nSPS) is 14.8. The molecule has 0 saturated heterocycles. The average Bonchev–Trinajstić information content (AvgIpc) is 3.04. The van der Waals surface area contributed by atoms with Gasteiger partial charge in [-0.3, -0.25) is 14.9 Å². The fourth-order valence-electron chi connectivity index (χ4n) is 2.32. The largest absolute Gasteiger partial charge is 0.495 e. The lowest BCUT2D eigenvalue weighted by molar-refractivity contribution is -0.387. The molecule has 1 aromatic carbocycles. The molecule has 0 bridgehead atoms. The van der Waals surface area contributed by atoms with Gasteiger partial charge in [-0.2, -0.15) is 4.39 Å². The van der Waals surface area contributed by atoms with Crippen molar-refractivity contribution in [3.8, 4) is 5.75 Å². The SMILES string of the molecule is COc1cc[nH]c1C=C1C(=O)Nc2ccc([N+](=O)[O-])c(F)c21. The zero-order chi connectivity index (χ0) is 15.9. The van der Waals surface area contributed by atoms with Crippen molar-refractivity contribution in [3.05, 3.63) is 51.6 Å². The van der Waals surface area contributed by atoms with E-state index in [4.69, 9.17) is 4.74 Å². The Morgan fingerprint density at radius 2 is 2.14 bits per heavy atom. The summed E-state index contributed by atoms with van der Waals surface area (Å²) in [5, 5.41) is 13.3. The van der Waals surface area contributed by atoms with Crippen molar-refractivity contribution >= 4 is 28.9 Å². The summed E-state index contributed by atoms with van der Waals surface area (Å²) in [7, 11) is 1.46. The number of anilines is 1. The lowest BCUT2D eigenvalue weighted by Crippen LogP contribution is -2.03. The van der Waals surface area contributed by atoms with E-state index < -0.39 is 22.3 Å². The molecule has 2 N–H and O–H groups in total. The number of halogens is 1. The topological polar surface area (TPSA) is 97.3 Å². The lowest BCUT2D eigenvalue weighted by atomic mass is 10.0. The van der Waals surface area contributed by atoms with E-state index in [-0.39, 0.29) is 16.8 Å². The fourth-order valence-corrected chi connectivity index (χ4v) is 2.32. The van der Waals surface area contributed by atoms with Gasteiger partial charge in [-0.15, -0.1) is 0 Å². The van der Waals surface area contributed by atoms with Crippen LogP contribution in [-0.4, -0.2) is 22.9 Å². The maximum atomic E-state index is 14.3. The van der Waals surface area contributed by atoms with Crippen molar-refractivity contribution in [1.29, 1.82) is 0 Å². The Kier molecular flexibility index (Phi) is 3.13. The van der Waals surface area contributed by atoms with Crippen molar-refractivity contribution in [2.75, 3.05) is 12.4 Å². The standard InChI is InChI=1S/C14H10FN3O4/c1-22-11-4-5-16-9(11)6-7-12-8(17-14(7)19)2-3-10(13(12)15)18(20)21/h2-6,16H,1H3,(H,17,19). The summed E-state index contributed by atoms with van der Waals surface area (Å²) in [6.45, 7) is 0. The summed E-state index contributed by atoms with van der Waals surface area (Å²) in [6.07, 6.45) is 3.00. The van der Waals surface area contributed by atoms with Crippen molar-refractivity contribution in [2.24, 2.45) is 0 Å². The molecule has 1 aromatic heterocycles. The van der Waals surface area contributed by atoms with Gasteiger partial charge in [0.1, 0.15) is 5.75 Å². The van der Waals surface area contributed by atoms with Crippen LogP contribution >= 0.6 is 0 Å². The third kappa shape index (κ3) is 2.01. The minimum atomic E-state index is -1.04. The number of nitro groups is 1. The molecular formula is C14H10FN3O4. The highest BCUT2D eigenvalue weighted by atomic mass is 19.1. The monoisotopic (exact) mass is 303 g/mol.